The maximum atomic E-state index is 12.1. The van der Waals surface area contributed by atoms with Gasteiger partial charge in [0.1, 0.15) is 11.9 Å². The largest absolute Gasteiger partial charge is 0.336 e. The van der Waals surface area contributed by atoms with E-state index in [-0.39, 0.29) is 17.4 Å². The second kappa shape index (κ2) is 8.93. The van der Waals surface area contributed by atoms with Crippen LogP contribution in [-0.4, -0.2) is 54.1 Å². The van der Waals surface area contributed by atoms with Crippen molar-refractivity contribution in [3.8, 4) is 0 Å². The minimum Gasteiger partial charge on any atom is -0.336 e. The molecule has 1 aromatic heterocycles. The highest BCUT2D eigenvalue weighted by Gasteiger charge is 2.21. The average Bonchev–Trinajstić information content (AvgIpc) is 2.53. The highest BCUT2D eigenvalue weighted by atomic mass is 16.6. The van der Waals surface area contributed by atoms with Crippen molar-refractivity contribution in [2.45, 2.75) is 20.3 Å². The Bertz CT molecular complexity index is 509. The van der Waals surface area contributed by atoms with Crippen LogP contribution in [0.5, 0.6) is 0 Å². The zero-order valence-corrected chi connectivity index (χ0v) is 13.3. The predicted octanol–water partition coefficient (Wildman–Crippen LogP) is 1.87. The second-order valence-electron chi connectivity index (χ2n) is 4.85. The standard InChI is InChI=1S/C14H23N5O3/c1-4-9-18(5-2)10-8-16-14(20)17(3)12-6-7-15-11-13(12)19(21)22/h6-7,11H,4-5,8-10H2,1-3H3,(H,16,20). The molecule has 0 aliphatic carbocycles. The number of anilines is 1. The third-order valence-corrected chi connectivity index (χ3v) is 3.33. The number of carbonyl (C=O) groups excluding carboxylic acids is 1. The van der Waals surface area contributed by atoms with Crippen molar-refractivity contribution in [2.75, 3.05) is 38.1 Å². The first kappa shape index (κ1) is 17.8. The van der Waals surface area contributed by atoms with Gasteiger partial charge in [0.05, 0.1) is 4.92 Å². The Morgan fingerprint density at radius 1 is 1.41 bits per heavy atom. The molecule has 0 saturated carbocycles. The Balaban J connectivity index is 2.61. The van der Waals surface area contributed by atoms with E-state index in [9.17, 15) is 14.9 Å². The molecular formula is C14H23N5O3. The van der Waals surface area contributed by atoms with Crippen LogP contribution < -0.4 is 10.2 Å². The maximum absolute atomic E-state index is 12.1. The first-order chi connectivity index (χ1) is 10.5. The summed E-state index contributed by atoms with van der Waals surface area (Å²) >= 11 is 0. The van der Waals surface area contributed by atoms with Gasteiger partial charge in [0, 0.05) is 26.3 Å². The Morgan fingerprint density at radius 2 is 2.14 bits per heavy atom. The number of carbonyl (C=O) groups is 1. The van der Waals surface area contributed by atoms with Gasteiger partial charge in [-0.3, -0.25) is 20.0 Å². The van der Waals surface area contributed by atoms with Gasteiger partial charge in [-0.15, -0.1) is 0 Å². The van der Waals surface area contributed by atoms with Crippen LogP contribution in [0.4, 0.5) is 16.2 Å². The third-order valence-electron chi connectivity index (χ3n) is 3.33. The molecule has 1 rings (SSSR count). The van der Waals surface area contributed by atoms with Gasteiger partial charge in [0.25, 0.3) is 0 Å². The normalized spacial score (nSPS) is 10.5. The van der Waals surface area contributed by atoms with Gasteiger partial charge >= 0.3 is 11.7 Å². The number of hydrogen-bond acceptors (Lipinski definition) is 5. The van der Waals surface area contributed by atoms with Crippen LogP contribution in [0.1, 0.15) is 20.3 Å². The molecule has 2 amide bonds. The number of likely N-dealkylation sites (N-methyl/N-ethyl adjacent to an activating group) is 1. The van der Waals surface area contributed by atoms with Gasteiger partial charge in [-0.2, -0.15) is 0 Å². The number of nitrogens with zero attached hydrogens (tertiary/aromatic N) is 4. The quantitative estimate of drug-likeness (QED) is 0.584. The molecular weight excluding hydrogens is 286 g/mol. The van der Waals surface area contributed by atoms with Crippen molar-refractivity contribution < 1.29 is 9.72 Å². The topological polar surface area (TPSA) is 91.6 Å². The van der Waals surface area contributed by atoms with E-state index in [0.29, 0.717) is 6.54 Å². The lowest BCUT2D eigenvalue weighted by atomic mass is 10.3. The fraction of sp³-hybridized carbons (Fsp3) is 0.571. The van der Waals surface area contributed by atoms with Gasteiger partial charge in [0.2, 0.25) is 0 Å². The van der Waals surface area contributed by atoms with Crippen molar-refractivity contribution in [3.63, 3.8) is 0 Å². The molecule has 0 fully saturated rings. The molecule has 8 heteroatoms. The minimum absolute atomic E-state index is 0.193. The van der Waals surface area contributed by atoms with Crippen molar-refractivity contribution in [2.24, 2.45) is 0 Å². The molecule has 8 nitrogen and oxygen atoms in total. The summed E-state index contributed by atoms with van der Waals surface area (Å²) in [7, 11) is 1.50. The van der Waals surface area contributed by atoms with E-state index >= 15 is 0 Å². The van der Waals surface area contributed by atoms with Gasteiger partial charge in [-0.25, -0.2) is 4.79 Å². The van der Waals surface area contributed by atoms with E-state index in [4.69, 9.17) is 0 Å². The molecule has 0 atom stereocenters. The first-order valence-corrected chi connectivity index (χ1v) is 7.33. The number of urea groups is 1. The Kier molecular flexibility index (Phi) is 7.24. The monoisotopic (exact) mass is 309 g/mol. The number of nitrogens with one attached hydrogen (secondary N) is 1. The summed E-state index contributed by atoms with van der Waals surface area (Å²) in [5.41, 5.74) is 0.0275. The molecule has 0 unspecified atom stereocenters. The van der Waals surface area contributed by atoms with Crippen LogP contribution in [0.15, 0.2) is 18.5 Å². The smallest absolute Gasteiger partial charge is 0.321 e. The van der Waals surface area contributed by atoms with Crippen LogP contribution in [-0.2, 0) is 0 Å². The van der Waals surface area contributed by atoms with Crippen molar-refractivity contribution in [3.05, 3.63) is 28.6 Å². The molecule has 0 saturated heterocycles. The fourth-order valence-electron chi connectivity index (χ4n) is 2.10. The molecule has 0 radical (unpaired) electrons. The molecule has 1 aromatic rings. The van der Waals surface area contributed by atoms with E-state index in [1.54, 1.807) is 0 Å². The van der Waals surface area contributed by atoms with Crippen LogP contribution in [0.3, 0.4) is 0 Å². The van der Waals surface area contributed by atoms with Crippen molar-refractivity contribution in [1.82, 2.24) is 15.2 Å². The van der Waals surface area contributed by atoms with Gasteiger partial charge < -0.3 is 10.2 Å². The van der Waals surface area contributed by atoms with Gasteiger partial charge in [0.15, 0.2) is 0 Å². The first-order valence-electron chi connectivity index (χ1n) is 7.33. The Hall–Kier alpha value is -2.22. The summed E-state index contributed by atoms with van der Waals surface area (Å²) < 4.78 is 0. The lowest BCUT2D eigenvalue weighted by Gasteiger charge is -2.21. The van der Waals surface area contributed by atoms with E-state index in [0.717, 1.165) is 32.3 Å². The predicted molar refractivity (Wildman–Crippen MR) is 85.1 cm³/mol. The fourth-order valence-corrected chi connectivity index (χ4v) is 2.10. The van der Waals surface area contributed by atoms with E-state index in [1.807, 2.05) is 0 Å². The summed E-state index contributed by atoms with van der Waals surface area (Å²) in [6, 6.07) is 1.08. The zero-order valence-electron chi connectivity index (χ0n) is 13.3. The van der Waals surface area contributed by atoms with Crippen molar-refractivity contribution >= 4 is 17.4 Å². The molecule has 0 aromatic carbocycles. The number of rotatable bonds is 8. The third kappa shape index (κ3) is 4.96. The molecule has 0 aliphatic heterocycles. The van der Waals surface area contributed by atoms with Crippen LogP contribution in [0, 0.1) is 10.1 Å². The maximum Gasteiger partial charge on any atom is 0.321 e. The summed E-state index contributed by atoms with van der Waals surface area (Å²) in [5, 5.41) is 13.7. The van der Waals surface area contributed by atoms with Crippen LogP contribution >= 0.6 is 0 Å². The SMILES string of the molecule is CCCN(CC)CCNC(=O)N(C)c1ccncc1[N+](=O)[O-]. The molecule has 0 bridgehead atoms. The summed E-state index contributed by atoms with van der Waals surface area (Å²) in [6.45, 7) is 7.34. The molecule has 122 valence electrons. The minimum atomic E-state index is -0.549. The van der Waals surface area contributed by atoms with Crippen molar-refractivity contribution in [1.29, 1.82) is 0 Å². The number of aromatic nitrogens is 1. The number of pyridine rings is 1. The second-order valence-corrected chi connectivity index (χ2v) is 4.85. The van der Waals surface area contributed by atoms with E-state index in [2.05, 4.69) is 29.0 Å². The highest BCUT2D eigenvalue weighted by molar-refractivity contribution is 5.93. The highest BCUT2D eigenvalue weighted by Crippen LogP contribution is 2.25. The van der Waals surface area contributed by atoms with Gasteiger partial charge in [-0.1, -0.05) is 13.8 Å². The number of nitro groups is 1. The summed E-state index contributed by atoms with van der Waals surface area (Å²) in [6.07, 6.45) is 3.62. The number of amides is 2. The zero-order chi connectivity index (χ0) is 16.5. The Morgan fingerprint density at radius 3 is 2.73 bits per heavy atom. The molecule has 0 spiro atoms. The van der Waals surface area contributed by atoms with Crippen LogP contribution in [0.2, 0.25) is 0 Å². The molecule has 22 heavy (non-hydrogen) atoms. The Labute approximate surface area is 130 Å². The van der Waals surface area contributed by atoms with Gasteiger partial charge in [-0.05, 0) is 25.6 Å². The number of hydrogen-bond donors (Lipinski definition) is 1. The van der Waals surface area contributed by atoms with E-state index in [1.165, 1.54) is 24.2 Å². The molecule has 0 aliphatic rings. The lowest BCUT2D eigenvalue weighted by Crippen LogP contribution is -2.41. The summed E-state index contributed by atoms with van der Waals surface area (Å²) in [4.78, 5) is 29.7. The average molecular weight is 309 g/mol. The van der Waals surface area contributed by atoms with Crippen LogP contribution in [0.25, 0.3) is 0 Å². The molecule has 1 N–H and O–H groups in total. The van der Waals surface area contributed by atoms with E-state index < -0.39 is 4.92 Å². The lowest BCUT2D eigenvalue weighted by molar-refractivity contribution is -0.384. The molecule has 1 heterocycles. The summed E-state index contributed by atoms with van der Waals surface area (Å²) in [5.74, 6) is 0.